The van der Waals surface area contributed by atoms with Gasteiger partial charge in [-0.05, 0) is 45.8 Å². The molecule has 1 amide bonds. The third-order valence-corrected chi connectivity index (χ3v) is 4.42. The summed E-state index contributed by atoms with van der Waals surface area (Å²) in [6.45, 7) is 6.53. The Labute approximate surface area is 135 Å². The van der Waals surface area contributed by atoms with Crippen molar-refractivity contribution in [1.29, 1.82) is 0 Å². The third-order valence-electron chi connectivity index (χ3n) is 4.42. The summed E-state index contributed by atoms with van der Waals surface area (Å²) in [6.07, 6.45) is 5.27. The van der Waals surface area contributed by atoms with E-state index in [1.165, 1.54) is 19.3 Å². The van der Waals surface area contributed by atoms with Crippen LogP contribution in [-0.4, -0.2) is 61.0 Å². The predicted molar refractivity (Wildman–Crippen MR) is 88.0 cm³/mol. The summed E-state index contributed by atoms with van der Waals surface area (Å²) in [5, 5.41) is 3.11. The first kappa shape index (κ1) is 20.0. The number of amides is 1. The van der Waals surface area contributed by atoms with Crippen molar-refractivity contribution in [2.45, 2.75) is 51.1 Å². The molecular weight excluding hydrogens is 297 g/mol. The van der Waals surface area contributed by atoms with Crippen molar-refractivity contribution in [3.05, 3.63) is 0 Å². The van der Waals surface area contributed by atoms with Crippen molar-refractivity contribution in [3.8, 4) is 0 Å². The topological polar surface area (TPSA) is 35.6 Å². The van der Waals surface area contributed by atoms with Gasteiger partial charge in [-0.25, -0.2) is 0 Å². The van der Waals surface area contributed by atoms with Gasteiger partial charge in [0.2, 0.25) is 5.91 Å². The molecule has 1 N–H and O–H groups in total. The zero-order valence-corrected chi connectivity index (χ0v) is 14.3. The number of likely N-dealkylation sites (N-methyl/N-ethyl adjacent to an activating group) is 1. The van der Waals surface area contributed by atoms with E-state index in [1.54, 1.807) is 0 Å². The van der Waals surface area contributed by atoms with Crippen LogP contribution in [0.25, 0.3) is 0 Å². The van der Waals surface area contributed by atoms with E-state index in [-0.39, 0.29) is 24.8 Å². The Balaban J connectivity index is 0.00000180. The number of carbonyl (C=O) groups is 1. The minimum Gasteiger partial charge on any atom is -0.335 e. The van der Waals surface area contributed by atoms with E-state index in [2.05, 4.69) is 22.0 Å². The summed E-state index contributed by atoms with van der Waals surface area (Å²) in [7, 11) is 1.94. The lowest BCUT2D eigenvalue weighted by molar-refractivity contribution is -0.134. The number of hydrogen-bond acceptors (Lipinski definition) is 3. The molecule has 0 aromatic rings. The molecule has 2 aliphatic heterocycles. The van der Waals surface area contributed by atoms with Crippen LogP contribution >= 0.6 is 24.8 Å². The molecule has 2 aliphatic rings. The average Bonchev–Trinajstić information content (AvgIpc) is 2.65. The summed E-state index contributed by atoms with van der Waals surface area (Å²) < 4.78 is 0. The highest BCUT2D eigenvalue weighted by molar-refractivity contribution is 5.85. The Hall–Kier alpha value is -0.0300. The fourth-order valence-electron chi connectivity index (χ4n) is 3.38. The second-order valence-electron chi connectivity index (χ2n) is 5.58. The summed E-state index contributed by atoms with van der Waals surface area (Å²) in [5.74, 6) is 0.385. The summed E-state index contributed by atoms with van der Waals surface area (Å²) >= 11 is 0. The van der Waals surface area contributed by atoms with E-state index in [4.69, 9.17) is 0 Å². The third kappa shape index (κ3) is 4.76. The Kier molecular flexibility index (Phi) is 9.81. The second-order valence-corrected chi connectivity index (χ2v) is 5.58. The number of fused-ring (bicyclic) bond motifs is 2. The first-order chi connectivity index (χ1) is 8.76. The molecule has 120 valence electrons. The van der Waals surface area contributed by atoms with Crippen LogP contribution in [0.3, 0.4) is 0 Å². The van der Waals surface area contributed by atoms with Gasteiger partial charge in [-0.1, -0.05) is 6.92 Å². The minimum atomic E-state index is 0. The molecule has 6 heteroatoms. The van der Waals surface area contributed by atoms with Crippen LogP contribution in [0.2, 0.25) is 0 Å². The Morgan fingerprint density at radius 1 is 1.20 bits per heavy atom. The van der Waals surface area contributed by atoms with Gasteiger partial charge in [0, 0.05) is 31.6 Å². The fraction of sp³-hybridized carbons (Fsp3) is 0.929. The lowest BCUT2D eigenvalue weighted by Crippen LogP contribution is -2.43. The molecule has 2 rings (SSSR count). The van der Waals surface area contributed by atoms with Gasteiger partial charge >= 0.3 is 0 Å². The SMILES string of the molecule is CCN1CCC2CCC(C1)N2C(=O)CCCNC.Cl.Cl. The van der Waals surface area contributed by atoms with Crippen LogP contribution in [0.15, 0.2) is 0 Å². The van der Waals surface area contributed by atoms with Gasteiger partial charge in [0.1, 0.15) is 0 Å². The predicted octanol–water partition coefficient (Wildman–Crippen LogP) is 1.91. The first-order valence-corrected chi connectivity index (χ1v) is 7.44. The van der Waals surface area contributed by atoms with E-state index in [9.17, 15) is 4.79 Å². The zero-order valence-electron chi connectivity index (χ0n) is 12.6. The normalized spacial score (nSPS) is 25.6. The van der Waals surface area contributed by atoms with Gasteiger partial charge in [0.05, 0.1) is 0 Å². The van der Waals surface area contributed by atoms with Crippen molar-refractivity contribution < 1.29 is 4.79 Å². The molecule has 2 fully saturated rings. The molecule has 2 atom stereocenters. The Morgan fingerprint density at radius 3 is 2.55 bits per heavy atom. The maximum absolute atomic E-state index is 12.4. The van der Waals surface area contributed by atoms with Crippen molar-refractivity contribution >= 4 is 30.7 Å². The van der Waals surface area contributed by atoms with E-state index < -0.39 is 0 Å². The maximum atomic E-state index is 12.4. The van der Waals surface area contributed by atoms with E-state index in [0.717, 1.165) is 32.6 Å². The van der Waals surface area contributed by atoms with Crippen molar-refractivity contribution in [2.75, 3.05) is 33.2 Å². The highest BCUT2D eigenvalue weighted by Gasteiger charge is 2.39. The number of nitrogens with one attached hydrogen (secondary N) is 1. The number of nitrogens with zero attached hydrogens (tertiary/aromatic N) is 2. The summed E-state index contributed by atoms with van der Waals surface area (Å²) in [4.78, 5) is 17.1. The number of likely N-dealkylation sites (tertiary alicyclic amines) is 1. The van der Waals surface area contributed by atoms with Crippen molar-refractivity contribution in [1.82, 2.24) is 15.1 Å². The number of hydrogen-bond donors (Lipinski definition) is 1. The molecule has 2 saturated heterocycles. The number of carbonyl (C=O) groups excluding carboxylic acids is 1. The Morgan fingerprint density at radius 2 is 1.90 bits per heavy atom. The standard InChI is InChI=1S/C14H27N3O.2ClH/c1-3-16-10-8-12-6-7-13(11-16)17(12)14(18)5-4-9-15-2;;/h12-13,15H,3-11H2,1-2H3;2*1H. The van der Waals surface area contributed by atoms with Gasteiger partial charge in [0.25, 0.3) is 0 Å². The highest BCUT2D eigenvalue weighted by atomic mass is 35.5. The van der Waals surface area contributed by atoms with Gasteiger partial charge < -0.3 is 15.1 Å². The summed E-state index contributed by atoms with van der Waals surface area (Å²) in [5.41, 5.74) is 0. The van der Waals surface area contributed by atoms with Crippen molar-refractivity contribution in [2.24, 2.45) is 0 Å². The Bertz CT molecular complexity index is 292. The molecule has 2 bridgehead atoms. The molecule has 2 unspecified atom stereocenters. The van der Waals surface area contributed by atoms with Gasteiger partial charge in [0.15, 0.2) is 0 Å². The molecule has 4 nitrogen and oxygen atoms in total. The summed E-state index contributed by atoms with van der Waals surface area (Å²) in [6, 6.07) is 1.01. The minimum absolute atomic E-state index is 0. The lowest BCUT2D eigenvalue weighted by atomic mass is 10.1. The molecule has 0 radical (unpaired) electrons. The highest BCUT2D eigenvalue weighted by Crippen LogP contribution is 2.30. The van der Waals surface area contributed by atoms with Crippen LogP contribution in [0.1, 0.15) is 39.0 Å². The molecule has 0 spiro atoms. The molecule has 0 aromatic carbocycles. The average molecular weight is 326 g/mol. The van der Waals surface area contributed by atoms with Crippen LogP contribution < -0.4 is 5.32 Å². The molecular formula is C14H29Cl2N3O. The van der Waals surface area contributed by atoms with Crippen LogP contribution in [0.4, 0.5) is 0 Å². The van der Waals surface area contributed by atoms with E-state index in [0.29, 0.717) is 24.4 Å². The quantitative estimate of drug-likeness (QED) is 0.784. The lowest BCUT2D eigenvalue weighted by Gasteiger charge is -2.29. The van der Waals surface area contributed by atoms with Crippen LogP contribution in [-0.2, 0) is 4.79 Å². The van der Waals surface area contributed by atoms with Gasteiger partial charge in [-0.3, -0.25) is 4.79 Å². The van der Waals surface area contributed by atoms with Crippen LogP contribution in [0, 0.1) is 0 Å². The molecule has 20 heavy (non-hydrogen) atoms. The number of halogens is 2. The molecule has 0 aliphatic carbocycles. The zero-order chi connectivity index (χ0) is 13.0. The molecule has 0 saturated carbocycles. The van der Waals surface area contributed by atoms with Crippen LogP contribution in [0.5, 0.6) is 0 Å². The largest absolute Gasteiger partial charge is 0.335 e. The smallest absolute Gasteiger partial charge is 0.223 e. The van der Waals surface area contributed by atoms with Gasteiger partial charge in [-0.2, -0.15) is 0 Å². The maximum Gasteiger partial charge on any atom is 0.223 e. The number of rotatable bonds is 5. The monoisotopic (exact) mass is 325 g/mol. The molecule has 0 aromatic heterocycles. The van der Waals surface area contributed by atoms with Gasteiger partial charge in [-0.15, -0.1) is 24.8 Å². The molecule has 2 heterocycles. The van der Waals surface area contributed by atoms with Crippen molar-refractivity contribution in [3.63, 3.8) is 0 Å². The fourth-order valence-corrected chi connectivity index (χ4v) is 3.38. The second kappa shape index (κ2) is 9.82. The van der Waals surface area contributed by atoms with E-state index in [1.807, 2.05) is 7.05 Å². The first-order valence-electron chi connectivity index (χ1n) is 7.44. The van der Waals surface area contributed by atoms with E-state index >= 15 is 0 Å².